The van der Waals surface area contributed by atoms with E-state index >= 15 is 0 Å². The second-order valence-corrected chi connectivity index (χ2v) is 6.57. The van der Waals surface area contributed by atoms with E-state index in [0.29, 0.717) is 5.69 Å². The fourth-order valence-corrected chi connectivity index (χ4v) is 3.69. The molecule has 1 amide bonds. The number of aromatic nitrogens is 2. The molecule has 0 atom stereocenters. The molecule has 0 unspecified atom stereocenters. The third-order valence-corrected chi connectivity index (χ3v) is 5.00. The monoisotopic (exact) mass is 347 g/mol. The highest BCUT2D eigenvalue weighted by molar-refractivity contribution is 7.15. The maximum atomic E-state index is 12.8. The second kappa shape index (κ2) is 6.53. The Morgan fingerprint density at radius 2 is 1.88 bits per heavy atom. The molecule has 0 fully saturated rings. The summed E-state index contributed by atoms with van der Waals surface area (Å²) in [4.78, 5) is 18.2. The van der Waals surface area contributed by atoms with E-state index in [1.165, 1.54) is 11.3 Å². The quantitative estimate of drug-likeness (QED) is 0.572. The van der Waals surface area contributed by atoms with Crippen LogP contribution in [0.5, 0.6) is 0 Å². The van der Waals surface area contributed by atoms with E-state index in [2.05, 4.69) is 17.2 Å². The van der Waals surface area contributed by atoms with Gasteiger partial charge in [0.2, 0.25) is 0 Å². The van der Waals surface area contributed by atoms with Gasteiger partial charge in [-0.3, -0.25) is 9.20 Å². The van der Waals surface area contributed by atoms with Gasteiger partial charge in [0.15, 0.2) is 4.96 Å². The van der Waals surface area contributed by atoms with Gasteiger partial charge in [-0.05, 0) is 18.1 Å². The van der Waals surface area contributed by atoms with E-state index in [1.807, 2.05) is 70.6 Å². The van der Waals surface area contributed by atoms with Gasteiger partial charge >= 0.3 is 0 Å². The number of benzene rings is 2. The molecule has 2 aromatic carbocycles. The molecule has 4 aromatic rings. The number of aryl methyl sites for hydroxylation is 1. The van der Waals surface area contributed by atoms with Crippen molar-refractivity contribution in [2.45, 2.75) is 13.3 Å². The summed E-state index contributed by atoms with van der Waals surface area (Å²) in [5.74, 6) is -0.121. The van der Waals surface area contributed by atoms with Crippen molar-refractivity contribution in [2.24, 2.45) is 0 Å². The van der Waals surface area contributed by atoms with Gasteiger partial charge in [-0.15, -0.1) is 11.3 Å². The van der Waals surface area contributed by atoms with Crippen LogP contribution in [0.15, 0.2) is 66.2 Å². The number of nitrogens with zero attached hydrogens (tertiary/aromatic N) is 2. The summed E-state index contributed by atoms with van der Waals surface area (Å²) >= 11 is 1.47. The first-order valence-electron chi connectivity index (χ1n) is 8.17. The van der Waals surface area contributed by atoms with Crippen LogP contribution in [0.4, 0.5) is 5.69 Å². The van der Waals surface area contributed by atoms with E-state index < -0.39 is 0 Å². The van der Waals surface area contributed by atoms with Crippen LogP contribution in [0.25, 0.3) is 16.2 Å². The van der Waals surface area contributed by atoms with Crippen molar-refractivity contribution >= 4 is 27.9 Å². The number of amides is 1. The molecule has 0 aliphatic carbocycles. The van der Waals surface area contributed by atoms with Gasteiger partial charge in [0, 0.05) is 22.8 Å². The highest BCUT2D eigenvalue weighted by atomic mass is 32.1. The molecule has 4 nitrogen and oxygen atoms in total. The minimum atomic E-state index is -0.121. The van der Waals surface area contributed by atoms with Crippen LogP contribution in [0, 0.1) is 0 Å². The largest absolute Gasteiger partial charge is 0.320 e. The zero-order valence-corrected chi connectivity index (χ0v) is 14.6. The van der Waals surface area contributed by atoms with E-state index in [0.717, 1.165) is 33.9 Å². The zero-order valence-electron chi connectivity index (χ0n) is 13.8. The molecule has 5 heteroatoms. The standard InChI is InChI=1S/C20H17N3OS/c1-2-14-8-6-7-11-16(14)21-19(24)18-13-25-20-22-17(12-23(18)20)15-9-4-3-5-10-15/h3-13H,2H2,1H3,(H,21,24). The molecule has 0 radical (unpaired) electrons. The molecule has 25 heavy (non-hydrogen) atoms. The first-order valence-corrected chi connectivity index (χ1v) is 9.05. The maximum Gasteiger partial charge on any atom is 0.273 e. The number of fused-ring (bicyclic) bond motifs is 1. The lowest BCUT2D eigenvalue weighted by Crippen LogP contribution is -2.15. The fourth-order valence-electron chi connectivity index (χ4n) is 2.83. The van der Waals surface area contributed by atoms with Gasteiger partial charge in [0.25, 0.3) is 5.91 Å². The number of nitrogens with one attached hydrogen (secondary N) is 1. The van der Waals surface area contributed by atoms with Crippen molar-refractivity contribution in [3.63, 3.8) is 0 Å². The Balaban J connectivity index is 1.67. The van der Waals surface area contributed by atoms with Crippen molar-refractivity contribution in [3.05, 3.63) is 77.4 Å². The van der Waals surface area contributed by atoms with Crippen LogP contribution in [-0.2, 0) is 6.42 Å². The molecule has 4 rings (SSSR count). The first-order chi connectivity index (χ1) is 12.3. The predicted octanol–water partition coefficient (Wildman–Crippen LogP) is 4.88. The SMILES string of the molecule is CCc1ccccc1NC(=O)c1csc2nc(-c3ccccc3)cn12. The van der Waals surface area contributed by atoms with Crippen molar-refractivity contribution in [1.82, 2.24) is 9.38 Å². The number of hydrogen-bond acceptors (Lipinski definition) is 3. The van der Waals surface area contributed by atoms with Gasteiger partial charge < -0.3 is 5.32 Å². The molecule has 0 aliphatic rings. The number of hydrogen-bond donors (Lipinski definition) is 1. The molecule has 2 aromatic heterocycles. The topological polar surface area (TPSA) is 46.4 Å². The third kappa shape index (κ3) is 2.94. The normalized spacial score (nSPS) is 10.9. The lowest BCUT2D eigenvalue weighted by molar-refractivity contribution is 0.102. The van der Waals surface area contributed by atoms with E-state index in [1.54, 1.807) is 0 Å². The van der Waals surface area contributed by atoms with E-state index in [9.17, 15) is 4.79 Å². The zero-order chi connectivity index (χ0) is 17.2. The molecule has 0 spiro atoms. The minimum Gasteiger partial charge on any atom is -0.320 e. The Morgan fingerprint density at radius 1 is 1.12 bits per heavy atom. The Bertz CT molecular complexity index is 1030. The number of anilines is 1. The lowest BCUT2D eigenvalue weighted by atomic mass is 10.1. The van der Waals surface area contributed by atoms with E-state index in [4.69, 9.17) is 0 Å². The number of para-hydroxylation sites is 1. The summed E-state index contributed by atoms with van der Waals surface area (Å²) in [6, 6.07) is 17.9. The Hall–Kier alpha value is -2.92. The second-order valence-electron chi connectivity index (χ2n) is 5.73. The summed E-state index contributed by atoms with van der Waals surface area (Å²) in [6.45, 7) is 2.08. The first kappa shape index (κ1) is 15.6. The van der Waals surface area contributed by atoms with Gasteiger partial charge in [0.05, 0.1) is 5.69 Å². The van der Waals surface area contributed by atoms with E-state index in [-0.39, 0.29) is 5.91 Å². The van der Waals surface area contributed by atoms with Crippen LogP contribution in [0.1, 0.15) is 23.0 Å². The van der Waals surface area contributed by atoms with Crippen molar-refractivity contribution < 1.29 is 4.79 Å². The summed E-state index contributed by atoms with van der Waals surface area (Å²) in [6.07, 6.45) is 2.79. The van der Waals surface area contributed by atoms with Gasteiger partial charge in [-0.25, -0.2) is 4.98 Å². The lowest BCUT2D eigenvalue weighted by Gasteiger charge is -2.09. The van der Waals surface area contributed by atoms with Gasteiger partial charge in [0.1, 0.15) is 5.69 Å². The molecular weight excluding hydrogens is 330 g/mol. The summed E-state index contributed by atoms with van der Waals surface area (Å²) in [7, 11) is 0. The van der Waals surface area contributed by atoms with Crippen LogP contribution >= 0.6 is 11.3 Å². The maximum absolute atomic E-state index is 12.8. The summed E-state index contributed by atoms with van der Waals surface area (Å²) < 4.78 is 1.86. The van der Waals surface area contributed by atoms with Crippen LogP contribution in [0.2, 0.25) is 0 Å². The number of carbonyl (C=O) groups is 1. The number of imidazole rings is 1. The molecule has 2 heterocycles. The number of thiazole rings is 1. The average Bonchev–Trinajstić information content (AvgIpc) is 3.23. The van der Waals surface area contributed by atoms with Crippen LogP contribution in [-0.4, -0.2) is 15.3 Å². The predicted molar refractivity (Wildman–Crippen MR) is 102 cm³/mol. The molecular formula is C20H17N3OS. The summed E-state index contributed by atoms with van der Waals surface area (Å²) in [5.41, 5.74) is 4.49. The van der Waals surface area contributed by atoms with Gasteiger partial charge in [-0.2, -0.15) is 0 Å². The minimum absolute atomic E-state index is 0.121. The van der Waals surface area contributed by atoms with Crippen molar-refractivity contribution in [2.75, 3.05) is 5.32 Å². The molecule has 1 N–H and O–H groups in total. The molecule has 0 aliphatic heterocycles. The van der Waals surface area contributed by atoms with Crippen LogP contribution < -0.4 is 5.32 Å². The van der Waals surface area contributed by atoms with Crippen molar-refractivity contribution in [3.8, 4) is 11.3 Å². The highest BCUT2D eigenvalue weighted by Crippen LogP contribution is 2.24. The number of carbonyl (C=O) groups excluding carboxylic acids is 1. The Kier molecular flexibility index (Phi) is 4.07. The average molecular weight is 347 g/mol. The van der Waals surface area contributed by atoms with Crippen LogP contribution in [0.3, 0.4) is 0 Å². The molecule has 0 saturated heterocycles. The molecule has 124 valence electrons. The van der Waals surface area contributed by atoms with Crippen molar-refractivity contribution in [1.29, 1.82) is 0 Å². The summed E-state index contributed by atoms with van der Waals surface area (Å²) in [5, 5.41) is 4.87. The molecule has 0 saturated carbocycles. The van der Waals surface area contributed by atoms with Gasteiger partial charge in [-0.1, -0.05) is 55.5 Å². The Morgan fingerprint density at radius 3 is 2.68 bits per heavy atom. The highest BCUT2D eigenvalue weighted by Gasteiger charge is 2.16. The Labute approximate surface area is 149 Å². The molecule has 0 bridgehead atoms. The smallest absolute Gasteiger partial charge is 0.273 e. The third-order valence-electron chi connectivity index (χ3n) is 4.16. The number of rotatable bonds is 4. The fraction of sp³-hybridized carbons (Fsp3) is 0.100.